The van der Waals surface area contributed by atoms with Crippen molar-refractivity contribution in [2.75, 3.05) is 13.2 Å². The minimum atomic E-state index is -0.292. The lowest BCUT2D eigenvalue weighted by molar-refractivity contribution is -0.106. The molecule has 0 saturated carbocycles. The molecule has 2 saturated heterocycles. The highest BCUT2D eigenvalue weighted by molar-refractivity contribution is 6.00. The SMILES string of the molecule is O=C(Cc1ccc(O[C@H]2CCCCO2)cc1)c1ccc(O[C@@H]2CCCCO2)cc1O. The lowest BCUT2D eigenvalue weighted by Crippen LogP contribution is -2.25. The van der Waals surface area contributed by atoms with Gasteiger partial charge in [-0.2, -0.15) is 0 Å². The third-order valence-electron chi connectivity index (χ3n) is 5.37. The van der Waals surface area contributed by atoms with E-state index in [4.69, 9.17) is 18.9 Å². The van der Waals surface area contributed by atoms with Crippen molar-refractivity contribution in [3.05, 3.63) is 53.6 Å². The maximum atomic E-state index is 12.7. The fourth-order valence-corrected chi connectivity index (χ4v) is 3.70. The molecule has 2 aliphatic rings. The van der Waals surface area contributed by atoms with Crippen LogP contribution in [0.1, 0.15) is 54.4 Å². The number of aromatic hydroxyl groups is 1. The van der Waals surface area contributed by atoms with Gasteiger partial charge in [0.05, 0.1) is 18.8 Å². The average Bonchev–Trinajstić information content (AvgIpc) is 2.76. The molecule has 0 spiro atoms. The van der Waals surface area contributed by atoms with Crippen LogP contribution in [0.5, 0.6) is 17.2 Å². The van der Waals surface area contributed by atoms with Crippen LogP contribution in [0.25, 0.3) is 0 Å². The number of hydrogen-bond acceptors (Lipinski definition) is 6. The van der Waals surface area contributed by atoms with Crippen LogP contribution in [-0.4, -0.2) is 36.7 Å². The fraction of sp³-hybridized carbons (Fsp3) is 0.458. The molecule has 0 bridgehead atoms. The van der Waals surface area contributed by atoms with Crippen molar-refractivity contribution in [3.8, 4) is 17.2 Å². The Balaban J connectivity index is 1.33. The zero-order valence-electron chi connectivity index (χ0n) is 17.0. The molecule has 2 atom stereocenters. The molecule has 2 heterocycles. The average molecular weight is 412 g/mol. The minimum Gasteiger partial charge on any atom is -0.507 e. The quantitative estimate of drug-likeness (QED) is 0.669. The number of carbonyl (C=O) groups is 1. The van der Waals surface area contributed by atoms with Crippen molar-refractivity contribution >= 4 is 5.78 Å². The van der Waals surface area contributed by atoms with Crippen molar-refractivity contribution in [2.45, 2.75) is 57.5 Å². The zero-order chi connectivity index (χ0) is 20.8. The molecule has 4 rings (SSSR count). The van der Waals surface area contributed by atoms with Gasteiger partial charge in [0.25, 0.3) is 0 Å². The van der Waals surface area contributed by atoms with Crippen LogP contribution in [0, 0.1) is 0 Å². The summed E-state index contributed by atoms with van der Waals surface area (Å²) < 4.78 is 22.7. The summed E-state index contributed by atoms with van der Waals surface area (Å²) in [7, 11) is 0. The second-order valence-corrected chi connectivity index (χ2v) is 7.75. The van der Waals surface area contributed by atoms with E-state index < -0.39 is 0 Å². The molecule has 2 aromatic carbocycles. The fourth-order valence-electron chi connectivity index (χ4n) is 3.70. The summed E-state index contributed by atoms with van der Waals surface area (Å²) in [5, 5.41) is 10.3. The number of ether oxygens (including phenoxy) is 4. The summed E-state index contributed by atoms with van der Waals surface area (Å²) in [6.45, 7) is 1.42. The van der Waals surface area contributed by atoms with Gasteiger partial charge in [0.2, 0.25) is 0 Å². The van der Waals surface area contributed by atoms with Crippen molar-refractivity contribution in [2.24, 2.45) is 0 Å². The van der Waals surface area contributed by atoms with E-state index >= 15 is 0 Å². The maximum absolute atomic E-state index is 12.7. The lowest BCUT2D eigenvalue weighted by atomic mass is 10.0. The smallest absolute Gasteiger partial charge is 0.199 e. The van der Waals surface area contributed by atoms with Crippen LogP contribution < -0.4 is 9.47 Å². The molecule has 2 fully saturated rings. The van der Waals surface area contributed by atoms with Gasteiger partial charge < -0.3 is 24.1 Å². The highest BCUT2D eigenvalue weighted by Crippen LogP contribution is 2.28. The van der Waals surface area contributed by atoms with Gasteiger partial charge >= 0.3 is 0 Å². The maximum Gasteiger partial charge on any atom is 0.199 e. The van der Waals surface area contributed by atoms with E-state index in [-0.39, 0.29) is 36.1 Å². The normalized spacial score (nSPS) is 21.7. The highest BCUT2D eigenvalue weighted by Gasteiger charge is 2.18. The van der Waals surface area contributed by atoms with Gasteiger partial charge in [-0.1, -0.05) is 12.1 Å². The summed E-state index contributed by atoms with van der Waals surface area (Å²) in [5.41, 5.74) is 1.13. The summed E-state index contributed by atoms with van der Waals surface area (Å²) in [6.07, 6.45) is 5.72. The number of Topliss-reactive ketones (excluding diaryl/α,β-unsaturated/α-hetero) is 1. The largest absolute Gasteiger partial charge is 0.507 e. The minimum absolute atomic E-state index is 0.0808. The highest BCUT2D eigenvalue weighted by atomic mass is 16.7. The number of carbonyl (C=O) groups excluding carboxylic acids is 1. The Kier molecular flexibility index (Phi) is 6.87. The first kappa shape index (κ1) is 20.7. The Hall–Kier alpha value is -2.57. The molecule has 160 valence electrons. The van der Waals surface area contributed by atoms with Crippen LogP contribution in [0.15, 0.2) is 42.5 Å². The van der Waals surface area contributed by atoms with E-state index in [0.29, 0.717) is 12.4 Å². The van der Waals surface area contributed by atoms with Gasteiger partial charge in [0, 0.05) is 25.3 Å². The van der Waals surface area contributed by atoms with E-state index in [1.807, 2.05) is 24.3 Å². The third-order valence-corrected chi connectivity index (χ3v) is 5.37. The van der Waals surface area contributed by atoms with E-state index in [1.54, 1.807) is 12.1 Å². The summed E-state index contributed by atoms with van der Waals surface area (Å²) in [4.78, 5) is 12.7. The van der Waals surface area contributed by atoms with Gasteiger partial charge in [-0.15, -0.1) is 0 Å². The van der Waals surface area contributed by atoms with E-state index in [1.165, 1.54) is 6.07 Å². The predicted molar refractivity (Wildman–Crippen MR) is 111 cm³/mol. The molecule has 2 aromatic rings. The van der Waals surface area contributed by atoms with E-state index in [2.05, 4.69) is 0 Å². The number of benzene rings is 2. The van der Waals surface area contributed by atoms with Crippen molar-refractivity contribution in [1.82, 2.24) is 0 Å². The van der Waals surface area contributed by atoms with Crippen LogP contribution in [-0.2, 0) is 15.9 Å². The third kappa shape index (κ3) is 5.52. The van der Waals surface area contributed by atoms with Crippen molar-refractivity contribution in [3.63, 3.8) is 0 Å². The summed E-state index contributed by atoms with van der Waals surface area (Å²) >= 11 is 0. The topological polar surface area (TPSA) is 74.2 Å². The molecule has 0 unspecified atom stereocenters. The Labute approximate surface area is 176 Å². The predicted octanol–water partition coefficient (Wildman–Crippen LogP) is 4.63. The standard InChI is InChI=1S/C24H28O6/c25-21(15-17-7-9-18(10-8-17)29-23-5-1-3-13-27-23)20-12-11-19(16-22(20)26)30-24-6-2-4-14-28-24/h7-12,16,23-24,26H,1-6,13-15H2/t23-,24+/m0/s1. The van der Waals surface area contributed by atoms with Crippen molar-refractivity contribution < 1.29 is 28.8 Å². The first-order chi connectivity index (χ1) is 14.7. The van der Waals surface area contributed by atoms with Crippen molar-refractivity contribution in [1.29, 1.82) is 0 Å². The number of phenolic OH excluding ortho intramolecular Hbond substituents is 1. The Bertz CT molecular complexity index is 835. The molecule has 0 radical (unpaired) electrons. The Morgan fingerprint density at radius 3 is 2.03 bits per heavy atom. The second-order valence-electron chi connectivity index (χ2n) is 7.75. The molecule has 0 aliphatic carbocycles. The molecule has 6 nitrogen and oxygen atoms in total. The number of hydrogen-bond donors (Lipinski definition) is 1. The van der Waals surface area contributed by atoms with Crippen LogP contribution >= 0.6 is 0 Å². The second kappa shape index (κ2) is 9.96. The van der Waals surface area contributed by atoms with Gasteiger partial charge in [0.1, 0.15) is 17.2 Å². The molecule has 0 amide bonds. The monoisotopic (exact) mass is 412 g/mol. The van der Waals surface area contributed by atoms with E-state index in [0.717, 1.165) is 56.4 Å². The first-order valence-corrected chi connectivity index (χ1v) is 10.7. The molecule has 1 N–H and O–H groups in total. The number of phenols is 1. The lowest BCUT2D eigenvalue weighted by Gasteiger charge is -2.23. The van der Waals surface area contributed by atoms with Gasteiger partial charge in [-0.3, -0.25) is 4.79 Å². The first-order valence-electron chi connectivity index (χ1n) is 10.7. The van der Waals surface area contributed by atoms with E-state index in [9.17, 15) is 9.90 Å². The summed E-state index contributed by atoms with van der Waals surface area (Å²) in [6, 6.07) is 12.2. The van der Waals surface area contributed by atoms with Gasteiger partial charge in [-0.05, 0) is 55.5 Å². The van der Waals surface area contributed by atoms with Gasteiger partial charge in [-0.25, -0.2) is 0 Å². The molecule has 30 heavy (non-hydrogen) atoms. The number of rotatable bonds is 7. The van der Waals surface area contributed by atoms with Crippen LogP contribution in [0.4, 0.5) is 0 Å². The summed E-state index contributed by atoms with van der Waals surface area (Å²) in [5.74, 6) is 0.995. The Morgan fingerprint density at radius 2 is 1.47 bits per heavy atom. The molecular weight excluding hydrogens is 384 g/mol. The Morgan fingerprint density at radius 1 is 0.867 bits per heavy atom. The zero-order valence-corrected chi connectivity index (χ0v) is 17.0. The molecule has 6 heteroatoms. The molecule has 0 aromatic heterocycles. The molecular formula is C24H28O6. The molecule has 2 aliphatic heterocycles. The number of ketones is 1. The van der Waals surface area contributed by atoms with Crippen LogP contribution in [0.2, 0.25) is 0 Å². The van der Waals surface area contributed by atoms with Crippen LogP contribution in [0.3, 0.4) is 0 Å². The van der Waals surface area contributed by atoms with Gasteiger partial charge in [0.15, 0.2) is 18.4 Å².